The van der Waals surface area contributed by atoms with E-state index in [0.29, 0.717) is 18.7 Å². The maximum Gasteiger partial charge on any atom is 0.573 e. The molecular weight excluding hydrogens is 349 g/mol. The van der Waals surface area contributed by atoms with E-state index in [4.69, 9.17) is 0 Å². The molecule has 0 aromatic heterocycles. The van der Waals surface area contributed by atoms with Gasteiger partial charge in [0.2, 0.25) is 15.9 Å². The molecule has 1 aliphatic rings. The second-order valence-electron chi connectivity index (χ2n) is 5.41. The zero-order chi connectivity index (χ0) is 18.0. The first-order chi connectivity index (χ1) is 11.0. The number of benzene rings is 1. The number of carbonyl (C=O) groups is 1. The van der Waals surface area contributed by atoms with Crippen molar-refractivity contribution < 1.29 is 31.1 Å². The molecule has 1 aliphatic heterocycles. The SMILES string of the molecule is CS(=O)(=O)N1CCN(C(=O)Cc2ccc(OC(F)(F)F)cc2)CC1. The highest BCUT2D eigenvalue weighted by molar-refractivity contribution is 7.88. The summed E-state index contributed by atoms with van der Waals surface area (Å²) in [5.74, 6) is -0.548. The topological polar surface area (TPSA) is 66.9 Å². The molecule has 0 saturated carbocycles. The van der Waals surface area contributed by atoms with E-state index in [1.54, 1.807) is 4.90 Å². The largest absolute Gasteiger partial charge is 0.573 e. The summed E-state index contributed by atoms with van der Waals surface area (Å²) in [6.45, 7) is 1.06. The number of sulfonamides is 1. The highest BCUT2D eigenvalue weighted by Gasteiger charge is 2.31. The Morgan fingerprint density at radius 3 is 2.12 bits per heavy atom. The van der Waals surface area contributed by atoms with Gasteiger partial charge in [0.25, 0.3) is 0 Å². The molecule has 0 bridgehead atoms. The Morgan fingerprint density at radius 1 is 1.12 bits per heavy atom. The van der Waals surface area contributed by atoms with Crippen LogP contribution in [0.15, 0.2) is 24.3 Å². The third kappa shape index (κ3) is 5.38. The van der Waals surface area contributed by atoms with Gasteiger partial charge in [0.1, 0.15) is 5.75 Å². The molecule has 10 heteroatoms. The van der Waals surface area contributed by atoms with Gasteiger partial charge in [-0.25, -0.2) is 8.42 Å². The zero-order valence-electron chi connectivity index (χ0n) is 12.9. The molecule has 1 amide bonds. The first-order valence-corrected chi connectivity index (χ1v) is 8.97. The van der Waals surface area contributed by atoms with Crippen LogP contribution in [0.2, 0.25) is 0 Å². The Balaban J connectivity index is 1.89. The van der Waals surface area contributed by atoms with Crippen molar-refractivity contribution >= 4 is 15.9 Å². The standard InChI is InChI=1S/C14H17F3N2O4S/c1-24(21,22)19-8-6-18(7-9-19)13(20)10-11-2-4-12(5-3-11)23-14(15,16)17/h2-5H,6-10H2,1H3. The van der Waals surface area contributed by atoms with Crippen molar-refractivity contribution in [2.24, 2.45) is 0 Å². The van der Waals surface area contributed by atoms with Gasteiger partial charge in [-0.05, 0) is 17.7 Å². The number of hydrogen-bond donors (Lipinski definition) is 0. The summed E-state index contributed by atoms with van der Waals surface area (Å²) in [4.78, 5) is 13.7. The quantitative estimate of drug-likeness (QED) is 0.804. The summed E-state index contributed by atoms with van der Waals surface area (Å²) in [7, 11) is -3.26. The lowest BCUT2D eigenvalue weighted by Gasteiger charge is -2.33. The highest BCUT2D eigenvalue weighted by Crippen LogP contribution is 2.23. The Kier molecular flexibility index (Phi) is 5.38. The van der Waals surface area contributed by atoms with Gasteiger partial charge in [0.15, 0.2) is 0 Å². The van der Waals surface area contributed by atoms with Crippen LogP contribution < -0.4 is 4.74 Å². The van der Waals surface area contributed by atoms with E-state index in [9.17, 15) is 26.4 Å². The molecule has 24 heavy (non-hydrogen) atoms. The Bertz CT molecular complexity index is 681. The summed E-state index contributed by atoms with van der Waals surface area (Å²) < 4.78 is 64.1. The summed E-state index contributed by atoms with van der Waals surface area (Å²) in [5.41, 5.74) is 0.556. The first kappa shape index (κ1) is 18.5. The first-order valence-electron chi connectivity index (χ1n) is 7.12. The summed E-state index contributed by atoms with van der Waals surface area (Å²) in [6.07, 6.45) is -3.60. The van der Waals surface area contributed by atoms with E-state index in [1.807, 2.05) is 0 Å². The lowest BCUT2D eigenvalue weighted by molar-refractivity contribution is -0.274. The monoisotopic (exact) mass is 366 g/mol. The Labute approximate surface area is 137 Å². The molecule has 2 rings (SSSR count). The van der Waals surface area contributed by atoms with Crippen LogP contribution in [-0.2, 0) is 21.2 Å². The number of hydrogen-bond acceptors (Lipinski definition) is 4. The van der Waals surface area contributed by atoms with Crippen molar-refractivity contribution in [2.75, 3.05) is 32.4 Å². The molecule has 0 atom stereocenters. The smallest absolute Gasteiger partial charge is 0.406 e. The minimum atomic E-state index is -4.75. The fourth-order valence-corrected chi connectivity index (χ4v) is 3.19. The summed E-state index contributed by atoms with van der Waals surface area (Å²) >= 11 is 0. The van der Waals surface area contributed by atoms with Gasteiger partial charge in [-0.3, -0.25) is 4.79 Å². The third-order valence-corrected chi connectivity index (χ3v) is 4.88. The second-order valence-corrected chi connectivity index (χ2v) is 7.39. The molecule has 0 spiro atoms. The summed E-state index contributed by atoms with van der Waals surface area (Å²) in [6, 6.07) is 5.09. The number of alkyl halides is 3. The predicted octanol–water partition coefficient (Wildman–Crippen LogP) is 1.23. The molecule has 0 N–H and O–H groups in total. The van der Waals surface area contributed by atoms with Gasteiger partial charge in [0.05, 0.1) is 12.7 Å². The molecule has 0 unspecified atom stereocenters. The minimum absolute atomic E-state index is 0.0329. The van der Waals surface area contributed by atoms with Crippen LogP contribution in [0.3, 0.4) is 0 Å². The van der Waals surface area contributed by atoms with Crippen LogP contribution in [-0.4, -0.2) is 62.3 Å². The average Bonchev–Trinajstić information content (AvgIpc) is 2.47. The number of rotatable bonds is 4. The number of nitrogens with zero attached hydrogens (tertiary/aromatic N) is 2. The summed E-state index contributed by atoms with van der Waals surface area (Å²) in [5, 5.41) is 0. The number of piperazine rings is 1. The van der Waals surface area contributed by atoms with Crippen LogP contribution >= 0.6 is 0 Å². The van der Waals surface area contributed by atoms with Gasteiger partial charge >= 0.3 is 6.36 Å². The van der Waals surface area contributed by atoms with Crippen LogP contribution in [0.25, 0.3) is 0 Å². The molecule has 1 saturated heterocycles. The molecule has 134 valence electrons. The molecule has 1 fully saturated rings. The number of halogens is 3. The van der Waals surface area contributed by atoms with Crippen LogP contribution in [0.1, 0.15) is 5.56 Å². The maximum atomic E-state index is 12.2. The van der Waals surface area contributed by atoms with E-state index < -0.39 is 16.4 Å². The Morgan fingerprint density at radius 2 is 1.67 bits per heavy atom. The fraction of sp³-hybridized carbons (Fsp3) is 0.500. The molecule has 1 aromatic rings. The number of ether oxygens (including phenoxy) is 1. The van der Waals surface area contributed by atoms with Crippen molar-refractivity contribution in [3.63, 3.8) is 0 Å². The average molecular weight is 366 g/mol. The van der Waals surface area contributed by atoms with E-state index >= 15 is 0 Å². The van der Waals surface area contributed by atoms with E-state index in [1.165, 1.54) is 16.4 Å². The number of amides is 1. The van der Waals surface area contributed by atoms with Crippen LogP contribution in [0.4, 0.5) is 13.2 Å². The minimum Gasteiger partial charge on any atom is -0.406 e. The van der Waals surface area contributed by atoms with Gasteiger partial charge in [-0.1, -0.05) is 12.1 Å². The van der Waals surface area contributed by atoms with Crippen molar-refractivity contribution in [1.82, 2.24) is 9.21 Å². The Hall–Kier alpha value is -1.81. The number of carbonyl (C=O) groups excluding carboxylic acids is 1. The van der Waals surface area contributed by atoms with E-state index in [0.717, 1.165) is 18.4 Å². The van der Waals surface area contributed by atoms with Crippen molar-refractivity contribution in [1.29, 1.82) is 0 Å². The van der Waals surface area contributed by atoms with Crippen LogP contribution in [0.5, 0.6) is 5.75 Å². The van der Waals surface area contributed by atoms with E-state index in [-0.39, 0.29) is 31.2 Å². The van der Waals surface area contributed by atoms with Gasteiger partial charge in [-0.15, -0.1) is 13.2 Å². The van der Waals surface area contributed by atoms with E-state index in [2.05, 4.69) is 4.74 Å². The normalized spacial score (nSPS) is 16.9. The lowest BCUT2D eigenvalue weighted by atomic mass is 10.1. The van der Waals surface area contributed by atoms with Crippen molar-refractivity contribution in [2.45, 2.75) is 12.8 Å². The van der Waals surface area contributed by atoms with Crippen LogP contribution in [0, 0.1) is 0 Å². The molecular formula is C14H17F3N2O4S. The molecule has 0 aliphatic carbocycles. The van der Waals surface area contributed by atoms with Crippen molar-refractivity contribution in [3.8, 4) is 5.75 Å². The second kappa shape index (κ2) is 6.98. The van der Waals surface area contributed by atoms with Crippen molar-refractivity contribution in [3.05, 3.63) is 29.8 Å². The highest BCUT2D eigenvalue weighted by atomic mass is 32.2. The van der Waals surface area contributed by atoms with Gasteiger partial charge < -0.3 is 9.64 Å². The molecule has 0 radical (unpaired) electrons. The molecule has 1 aromatic carbocycles. The predicted molar refractivity (Wildman–Crippen MR) is 79.8 cm³/mol. The van der Waals surface area contributed by atoms with Gasteiger partial charge in [0, 0.05) is 26.2 Å². The third-order valence-electron chi connectivity index (χ3n) is 3.57. The fourth-order valence-electron chi connectivity index (χ4n) is 2.36. The molecule has 1 heterocycles. The maximum absolute atomic E-state index is 12.2. The molecule has 6 nitrogen and oxygen atoms in total. The zero-order valence-corrected chi connectivity index (χ0v) is 13.7. The van der Waals surface area contributed by atoms with Gasteiger partial charge in [-0.2, -0.15) is 4.31 Å². The lowest BCUT2D eigenvalue weighted by Crippen LogP contribution is -2.50.